The molecular weight excluding hydrogens is 297 g/mol. The summed E-state index contributed by atoms with van der Waals surface area (Å²) in [5, 5.41) is 3.15. The van der Waals surface area contributed by atoms with Crippen LogP contribution in [0.15, 0.2) is 24.3 Å². The highest BCUT2D eigenvalue weighted by atomic mass is 35.5. The Hall–Kier alpha value is -1.66. The third-order valence-electron chi connectivity index (χ3n) is 3.29. The number of piperazine rings is 1. The van der Waals surface area contributed by atoms with Crippen LogP contribution in [-0.4, -0.2) is 61.4 Å². The monoisotopic (exact) mass is 315 g/mol. The maximum Gasteiger partial charge on any atom is 0.257 e. The minimum atomic E-state index is -0.570. The first-order valence-electron chi connectivity index (χ1n) is 6.58. The number of nitrogens with zero attached hydrogens (tertiary/aromatic N) is 2. The van der Waals surface area contributed by atoms with E-state index in [2.05, 4.69) is 5.32 Å². The zero-order chi connectivity index (χ0) is 14.5. The summed E-state index contributed by atoms with van der Waals surface area (Å²) in [6.45, 7) is 2.77. The van der Waals surface area contributed by atoms with Crippen molar-refractivity contribution in [3.63, 3.8) is 0 Å². The number of hydrogen-bond acceptors (Lipinski definition) is 3. The van der Waals surface area contributed by atoms with Crippen LogP contribution in [0.1, 0.15) is 10.4 Å². The average Bonchev–Trinajstić information content (AvgIpc) is 2.48. The molecule has 1 aromatic rings. The summed E-state index contributed by atoms with van der Waals surface area (Å²) in [7, 11) is 1.51. The lowest BCUT2D eigenvalue weighted by Gasteiger charge is -2.29. The van der Waals surface area contributed by atoms with Gasteiger partial charge in [-0.2, -0.15) is 0 Å². The molecule has 5 nitrogen and oxygen atoms in total. The van der Waals surface area contributed by atoms with Crippen LogP contribution >= 0.6 is 12.4 Å². The van der Waals surface area contributed by atoms with Gasteiger partial charge in [-0.25, -0.2) is 4.39 Å². The van der Waals surface area contributed by atoms with Gasteiger partial charge in [-0.3, -0.25) is 9.59 Å². The number of amides is 2. The van der Waals surface area contributed by atoms with Gasteiger partial charge in [0.05, 0.1) is 12.1 Å². The molecule has 1 saturated heterocycles. The molecule has 0 aromatic heterocycles. The molecule has 0 bridgehead atoms. The Balaban J connectivity index is 0.00000220. The van der Waals surface area contributed by atoms with Gasteiger partial charge in [0.2, 0.25) is 5.91 Å². The molecule has 0 atom stereocenters. The predicted molar refractivity (Wildman–Crippen MR) is 80.1 cm³/mol. The number of likely N-dealkylation sites (N-methyl/N-ethyl adjacent to an activating group) is 1. The molecule has 1 aliphatic rings. The molecule has 2 amide bonds. The van der Waals surface area contributed by atoms with Crippen LogP contribution in [-0.2, 0) is 4.79 Å². The van der Waals surface area contributed by atoms with Crippen LogP contribution in [0.5, 0.6) is 0 Å². The van der Waals surface area contributed by atoms with Crippen LogP contribution in [0.4, 0.5) is 4.39 Å². The van der Waals surface area contributed by atoms with E-state index in [0.29, 0.717) is 13.1 Å². The lowest BCUT2D eigenvalue weighted by Crippen LogP contribution is -2.49. The van der Waals surface area contributed by atoms with Crippen LogP contribution in [0.3, 0.4) is 0 Å². The van der Waals surface area contributed by atoms with Gasteiger partial charge in [0.1, 0.15) is 5.82 Å². The summed E-state index contributed by atoms with van der Waals surface area (Å²) < 4.78 is 13.5. The maximum absolute atomic E-state index is 13.5. The van der Waals surface area contributed by atoms with Crippen molar-refractivity contribution in [1.82, 2.24) is 15.1 Å². The zero-order valence-electron chi connectivity index (χ0n) is 11.8. The number of benzene rings is 1. The van der Waals surface area contributed by atoms with Crippen molar-refractivity contribution in [2.75, 3.05) is 39.8 Å². The molecule has 0 spiro atoms. The minimum Gasteiger partial charge on any atom is -0.339 e. The van der Waals surface area contributed by atoms with Crippen molar-refractivity contribution in [2.24, 2.45) is 0 Å². The fraction of sp³-hybridized carbons (Fsp3) is 0.429. The van der Waals surface area contributed by atoms with Gasteiger partial charge in [-0.15, -0.1) is 12.4 Å². The number of nitrogens with one attached hydrogen (secondary N) is 1. The maximum atomic E-state index is 13.5. The predicted octanol–water partition coefficient (Wildman–Crippen LogP) is 0.751. The fourth-order valence-corrected chi connectivity index (χ4v) is 2.13. The van der Waals surface area contributed by atoms with E-state index in [1.165, 1.54) is 30.1 Å². The first-order valence-corrected chi connectivity index (χ1v) is 6.58. The molecule has 1 aliphatic heterocycles. The summed E-state index contributed by atoms with van der Waals surface area (Å²) in [5.41, 5.74) is -0.0110. The molecule has 0 aliphatic carbocycles. The molecule has 116 valence electrons. The molecule has 1 fully saturated rings. The van der Waals surface area contributed by atoms with Crippen LogP contribution in [0.25, 0.3) is 0 Å². The SMILES string of the molecule is CN(CC(=O)N1CCNCC1)C(=O)c1ccccc1F.Cl. The first-order chi connectivity index (χ1) is 9.59. The second-order valence-electron chi connectivity index (χ2n) is 4.77. The van der Waals surface area contributed by atoms with Gasteiger partial charge in [-0.1, -0.05) is 12.1 Å². The smallest absolute Gasteiger partial charge is 0.257 e. The molecule has 0 radical (unpaired) electrons. The normalized spacial score (nSPS) is 14.3. The van der Waals surface area contributed by atoms with Gasteiger partial charge >= 0.3 is 0 Å². The average molecular weight is 316 g/mol. The number of carbonyl (C=O) groups excluding carboxylic acids is 2. The topological polar surface area (TPSA) is 52.7 Å². The summed E-state index contributed by atoms with van der Waals surface area (Å²) in [6, 6.07) is 5.78. The molecule has 21 heavy (non-hydrogen) atoms. The second-order valence-corrected chi connectivity index (χ2v) is 4.77. The Labute approximate surface area is 129 Å². The number of carbonyl (C=O) groups is 2. The van der Waals surface area contributed by atoms with Crippen LogP contribution in [0.2, 0.25) is 0 Å². The first kappa shape index (κ1) is 17.4. The highest BCUT2D eigenvalue weighted by Gasteiger charge is 2.22. The van der Waals surface area contributed by atoms with E-state index in [0.717, 1.165) is 13.1 Å². The van der Waals surface area contributed by atoms with Crippen molar-refractivity contribution >= 4 is 24.2 Å². The van der Waals surface area contributed by atoms with Crippen molar-refractivity contribution in [3.05, 3.63) is 35.6 Å². The van der Waals surface area contributed by atoms with Crippen molar-refractivity contribution in [3.8, 4) is 0 Å². The summed E-state index contributed by atoms with van der Waals surface area (Å²) in [4.78, 5) is 27.1. The van der Waals surface area contributed by atoms with E-state index >= 15 is 0 Å². The Morgan fingerprint density at radius 2 is 1.90 bits per heavy atom. The van der Waals surface area contributed by atoms with E-state index in [1.54, 1.807) is 11.0 Å². The summed E-state index contributed by atoms with van der Waals surface area (Å²) >= 11 is 0. The van der Waals surface area contributed by atoms with E-state index in [1.807, 2.05) is 0 Å². The standard InChI is InChI=1S/C14H18FN3O2.ClH/c1-17(10-13(19)18-8-6-16-7-9-18)14(20)11-4-2-3-5-12(11)15;/h2-5,16H,6-10H2,1H3;1H. The van der Waals surface area contributed by atoms with Crippen LogP contribution in [0, 0.1) is 5.82 Å². The van der Waals surface area contributed by atoms with Gasteiger partial charge in [0.15, 0.2) is 0 Å². The Kier molecular flexibility index (Phi) is 6.58. The zero-order valence-corrected chi connectivity index (χ0v) is 12.7. The fourth-order valence-electron chi connectivity index (χ4n) is 2.13. The molecule has 0 saturated carbocycles. The van der Waals surface area contributed by atoms with Gasteiger partial charge < -0.3 is 15.1 Å². The lowest BCUT2D eigenvalue weighted by atomic mass is 10.2. The molecule has 1 heterocycles. The summed E-state index contributed by atoms with van der Waals surface area (Å²) in [6.07, 6.45) is 0. The molecule has 7 heteroatoms. The molecule has 1 aromatic carbocycles. The Morgan fingerprint density at radius 3 is 2.52 bits per heavy atom. The third kappa shape index (κ3) is 4.41. The molecule has 0 unspecified atom stereocenters. The summed E-state index contributed by atoms with van der Waals surface area (Å²) in [5.74, 6) is -1.16. The largest absolute Gasteiger partial charge is 0.339 e. The van der Waals surface area contributed by atoms with Crippen molar-refractivity contribution in [2.45, 2.75) is 0 Å². The molecular formula is C14H19ClFN3O2. The highest BCUT2D eigenvalue weighted by Crippen LogP contribution is 2.09. The van der Waals surface area contributed by atoms with E-state index < -0.39 is 11.7 Å². The van der Waals surface area contributed by atoms with Gasteiger partial charge in [0, 0.05) is 33.2 Å². The van der Waals surface area contributed by atoms with Crippen molar-refractivity contribution < 1.29 is 14.0 Å². The van der Waals surface area contributed by atoms with Crippen LogP contribution < -0.4 is 5.32 Å². The lowest BCUT2D eigenvalue weighted by molar-refractivity contribution is -0.132. The highest BCUT2D eigenvalue weighted by molar-refractivity contribution is 5.96. The second kappa shape index (κ2) is 7.95. The number of halogens is 2. The van der Waals surface area contributed by atoms with Crippen molar-refractivity contribution in [1.29, 1.82) is 0 Å². The van der Waals surface area contributed by atoms with Gasteiger partial charge in [-0.05, 0) is 12.1 Å². The van der Waals surface area contributed by atoms with E-state index in [4.69, 9.17) is 0 Å². The van der Waals surface area contributed by atoms with E-state index in [9.17, 15) is 14.0 Å². The number of rotatable bonds is 3. The third-order valence-corrected chi connectivity index (χ3v) is 3.29. The van der Waals surface area contributed by atoms with Gasteiger partial charge in [0.25, 0.3) is 5.91 Å². The Bertz CT molecular complexity index is 507. The molecule has 1 N–H and O–H groups in total. The quantitative estimate of drug-likeness (QED) is 0.895. The molecule has 2 rings (SSSR count). The minimum absolute atomic E-state index is 0. The van der Waals surface area contributed by atoms with E-state index in [-0.39, 0.29) is 30.4 Å². The Morgan fingerprint density at radius 1 is 1.29 bits per heavy atom. The number of hydrogen-bond donors (Lipinski definition) is 1.